The van der Waals surface area contributed by atoms with Gasteiger partial charge in [-0.05, 0) is 39.7 Å². The van der Waals surface area contributed by atoms with E-state index >= 15 is 0 Å². The van der Waals surface area contributed by atoms with Crippen LogP contribution in [0.15, 0.2) is 52.1 Å². The SMILES string of the molecule is CO[C@@]1(NC(=O)C(NC(N)=O)c2cccs2)C(=O)N2C(C(=O)O)=C(CSc3cccn[n+]3[O-])CSC21. The fourth-order valence-corrected chi connectivity index (χ4v) is 7.02. The van der Waals surface area contributed by atoms with E-state index in [1.807, 2.05) is 0 Å². The van der Waals surface area contributed by atoms with Crippen LogP contribution in [0.25, 0.3) is 0 Å². The predicted octanol–water partition coefficient (Wildman–Crippen LogP) is -0.00910. The van der Waals surface area contributed by atoms with E-state index < -0.39 is 41.0 Å². The number of amides is 4. The van der Waals surface area contributed by atoms with Gasteiger partial charge in [-0.25, -0.2) is 9.59 Å². The largest absolute Gasteiger partial charge is 0.593 e. The highest BCUT2D eigenvalue weighted by Crippen LogP contribution is 2.47. The average molecular weight is 553 g/mol. The molecule has 4 rings (SSSR count). The van der Waals surface area contributed by atoms with Gasteiger partial charge in [0.15, 0.2) is 0 Å². The molecule has 2 aromatic rings. The molecular formula is C20H20N6O7S3. The Labute approximate surface area is 216 Å². The maximum absolute atomic E-state index is 13.3. The average Bonchev–Trinajstić information content (AvgIpc) is 3.38. The number of β-lactam (4-membered cyclic amide) rings is 1. The molecular weight excluding hydrogens is 532 g/mol. The number of rotatable bonds is 9. The van der Waals surface area contributed by atoms with Crippen LogP contribution in [-0.2, 0) is 19.1 Å². The van der Waals surface area contributed by atoms with E-state index in [1.54, 1.807) is 29.6 Å². The van der Waals surface area contributed by atoms with E-state index in [0.717, 1.165) is 16.7 Å². The van der Waals surface area contributed by atoms with Crippen LogP contribution in [-0.4, -0.2) is 68.6 Å². The molecule has 2 aromatic heterocycles. The number of thioether (sulfide) groups is 2. The summed E-state index contributed by atoms with van der Waals surface area (Å²) in [6.07, 6.45) is 1.33. The van der Waals surface area contributed by atoms with Crippen LogP contribution in [0, 0.1) is 5.21 Å². The second-order valence-corrected chi connectivity index (χ2v) is 10.5. The monoisotopic (exact) mass is 552 g/mol. The number of nitrogens with one attached hydrogen (secondary N) is 2. The van der Waals surface area contributed by atoms with Gasteiger partial charge >= 0.3 is 12.0 Å². The van der Waals surface area contributed by atoms with Crippen LogP contribution < -0.4 is 21.2 Å². The molecule has 36 heavy (non-hydrogen) atoms. The summed E-state index contributed by atoms with van der Waals surface area (Å²) >= 11 is 3.50. The van der Waals surface area contributed by atoms with Gasteiger partial charge in [-0.1, -0.05) is 6.07 Å². The second-order valence-electron chi connectivity index (χ2n) is 7.51. The van der Waals surface area contributed by atoms with Crippen molar-refractivity contribution in [2.75, 3.05) is 18.6 Å². The Morgan fingerprint density at radius 2 is 2.22 bits per heavy atom. The molecule has 4 amide bonds. The number of carbonyl (C=O) groups excluding carboxylic acids is 3. The van der Waals surface area contributed by atoms with Crippen LogP contribution in [0.3, 0.4) is 0 Å². The predicted molar refractivity (Wildman–Crippen MR) is 129 cm³/mol. The summed E-state index contributed by atoms with van der Waals surface area (Å²) in [5.74, 6) is -2.51. The highest BCUT2D eigenvalue weighted by atomic mass is 32.2. The number of ether oxygens (including phenoxy) is 1. The van der Waals surface area contributed by atoms with Gasteiger partial charge in [0.1, 0.15) is 17.1 Å². The van der Waals surface area contributed by atoms with E-state index in [1.165, 1.54) is 36.4 Å². The molecule has 1 fully saturated rings. The van der Waals surface area contributed by atoms with Crippen molar-refractivity contribution in [2.24, 2.45) is 5.73 Å². The Morgan fingerprint density at radius 1 is 1.44 bits per heavy atom. The van der Waals surface area contributed by atoms with Gasteiger partial charge in [-0.3, -0.25) is 14.5 Å². The normalized spacial score (nSPS) is 21.9. The van der Waals surface area contributed by atoms with Crippen molar-refractivity contribution in [3.8, 4) is 0 Å². The Kier molecular flexibility index (Phi) is 7.39. The zero-order valence-corrected chi connectivity index (χ0v) is 21.0. The number of nitrogens with two attached hydrogens (primary N) is 1. The van der Waals surface area contributed by atoms with Crippen LogP contribution in [0.5, 0.6) is 0 Å². The smallest absolute Gasteiger partial charge is 0.352 e. The molecule has 2 aliphatic heterocycles. The van der Waals surface area contributed by atoms with Crippen molar-refractivity contribution in [1.82, 2.24) is 20.6 Å². The van der Waals surface area contributed by atoms with Gasteiger partial charge < -0.3 is 31.4 Å². The summed E-state index contributed by atoms with van der Waals surface area (Å²) in [4.78, 5) is 52.0. The first kappa shape index (κ1) is 25.7. The van der Waals surface area contributed by atoms with Gasteiger partial charge in [0.2, 0.25) is 0 Å². The fraction of sp³-hybridized carbons (Fsp3) is 0.300. The highest BCUT2D eigenvalue weighted by Gasteiger charge is 2.67. The summed E-state index contributed by atoms with van der Waals surface area (Å²) in [6, 6.07) is 4.33. The molecule has 16 heteroatoms. The third kappa shape index (κ3) is 4.59. The Hall–Kier alpha value is -3.34. The number of primary amides is 1. The number of methoxy groups -OCH3 is 1. The third-order valence-electron chi connectivity index (χ3n) is 5.40. The lowest BCUT2D eigenvalue weighted by Crippen LogP contribution is -2.81. The Bertz CT molecular complexity index is 1240. The van der Waals surface area contributed by atoms with Crippen molar-refractivity contribution >= 4 is 58.7 Å². The molecule has 0 saturated carbocycles. The van der Waals surface area contributed by atoms with Gasteiger partial charge in [-0.2, -0.15) is 0 Å². The maximum Gasteiger partial charge on any atom is 0.352 e. The second kappa shape index (κ2) is 10.3. The van der Waals surface area contributed by atoms with Crippen molar-refractivity contribution < 1.29 is 33.9 Å². The van der Waals surface area contributed by atoms with Crippen molar-refractivity contribution in [1.29, 1.82) is 0 Å². The summed E-state index contributed by atoms with van der Waals surface area (Å²) < 4.78 is 5.45. The molecule has 2 unspecified atom stereocenters. The first-order valence-electron chi connectivity index (χ1n) is 10.2. The zero-order chi connectivity index (χ0) is 26.0. The summed E-state index contributed by atoms with van der Waals surface area (Å²) in [5.41, 5.74) is 3.57. The molecule has 1 saturated heterocycles. The molecule has 0 aromatic carbocycles. The lowest BCUT2D eigenvalue weighted by Gasteiger charge is -2.56. The number of nitrogens with zero attached hydrogens (tertiary/aromatic N) is 3. The van der Waals surface area contributed by atoms with Crippen molar-refractivity contribution in [2.45, 2.75) is 22.2 Å². The first-order valence-corrected chi connectivity index (χ1v) is 13.2. The zero-order valence-electron chi connectivity index (χ0n) is 18.6. The molecule has 0 bridgehead atoms. The van der Waals surface area contributed by atoms with Crippen LogP contribution in [0.1, 0.15) is 10.9 Å². The molecule has 3 atom stereocenters. The summed E-state index contributed by atoms with van der Waals surface area (Å²) in [5, 5.41) is 31.3. The number of hydrogen-bond acceptors (Lipinski definition) is 10. The number of aliphatic carboxylic acids is 1. The van der Waals surface area contributed by atoms with E-state index in [9.17, 15) is 29.5 Å². The number of aromatic nitrogens is 2. The number of urea groups is 1. The van der Waals surface area contributed by atoms with Gasteiger partial charge in [0, 0.05) is 34.7 Å². The van der Waals surface area contributed by atoms with Crippen LogP contribution >= 0.6 is 34.9 Å². The molecule has 0 spiro atoms. The van der Waals surface area contributed by atoms with Crippen LogP contribution in [0.2, 0.25) is 0 Å². The Balaban J connectivity index is 1.57. The third-order valence-corrected chi connectivity index (χ3v) is 8.79. The minimum Gasteiger partial charge on any atom is -0.593 e. The molecule has 0 aliphatic carbocycles. The minimum atomic E-state index is -1.85. The van der Waals surface area contributed by atoms with Gasteiger partial charge in [0.05, 0.1) is 6.20 Å². The van der Waals surface area contributed by atoms with Crippen molar-refractivity contribution in [3.63, 3.8) is 0 Å². The minimum absolute atomic E-state index is 0.133. The highest BCUT2D eigenvalue weighted by molar-refractivity contribution is 8.01. The molecule has 5 N–H and O–H groups in total. The number of fused-ring (bicyclic) bond motifs is 1. The fourth-order valence-electron chi connectivity index (χ4n) is 3.78. The number of carboxylic acid groups (broad SMARTS) is 1. The van der Waals surface area contributed by atoms with E-state index in [-0.39, 0.29) is 22.2 Å². The van der Waals surface area contributed by atoms with Crippen LogP contribution in [0.4, 0.5) is 4.79 Å². The summed E-state index contributed by atoms with van der Waals surface area (Å²) in [6.45, 7) is 0. The lowest BCUT2D eigenvalue weighted by atomic mass is 9.97. The number of carbonyl (C=O) groups is 4. The molecule has 13 nitrogen and oxygen atoms in total. The summed E-state index contributed by atoms with van der Waals surface area (Å²) in [7, 11) is 1.22. The molecule has 4 heterocycles. The van der Waals surface area contributed by atoms with E-state index in [0.29, 0.717) is 15.3 Å². The quantitative estimate of drug-likeness (QED) is 0.108. The van der Waals surface area contributed by atoms with Gasteiger partial charge in [0.25, 0.3) is 22.6 Å². The standard InChI is InChI=1S/C20H20N6O7S3/c1-33-20(24-15(27)13(23-19(21)31)11-4-3-7-34-11)17(30)25-14(16(28)29)10(9-36-18(20)25)8-35-12-5-2-6-22-26(12)32/h2-7,13,18H,8-9H2,1H3,(H,24,27)(H,28,29)(H3,21,23,31)/t13?,18?,20-/m0/s1. The topological polar surface area (TPSA) is 191 Å². The van der Waals surface area contributed by atoms with E-state index in [2.05, 4.69) is 15.7 Å². The lowest BCUT2D eigenvalue weighted by molar-refractivity contribution is -0.706. The number of thiophene rings is 1. The first-order chi connectivity index (χ1) is 17.2. The maximum atomic E-state index is 13.3. The molecule has 2 aliphatic rings. The Morgan fingerprint density at radius 3 is 2.83 bits per heavy atom. The number of carboxylic acids is 1. The molecule has 0 radical (unpaired) electrons. The van der Waals surface area contributed by atoms with Gasteiger partial charge in [-0.15, -0.1) is 23.1 Å². The van der Waals surface area contributed by atoms with E-state index in [4.69, 9.17) is 10.5 Å². The molecule has 190 valence electrons. The number of hydrogen-bond donors (Lipinski definition) is 4. The van der Waals surface area contributed by atoms with Crippen molar-refractivity contribution in [3.05, 3.63) is 57.2 Å².